The van der Waals surface area contributed by atoms with Gasteiger partial charge in [-0.05, 0) is 31.4 Å². The number of likely N-dealkylation sites (tertiary alicyclic amines) is 1. The van der Waals surface area contributed by atoms with Gasteiger partial charge in [0.1, 0.15) is 5.82 Å². The highest BCUT2D eigenvalue weighted by Crippen LogP contribution is 2.26. The van der Waals surface area contributed by atoms with Gasteiger partial charge in [0.15, 0.2) is 0 Å². The van der Waals surface area contributed by atoms with Gasteiger partial charge in [0, 0.05) is 38.7 Å². The molecule has 1 aromatic carbocycles. The largest absolute Gasteiger partial charge is 0.383 e. The van der Waals surface area contributed by atoms with Gasteiger partial charge in [0.25, 0.3) is 0 Å². The Hall–Kier alpha value is -2.67. The van der Waals surface area contributed by atoms with Crippen molar-refractivity contribution in [2.24, 2.45) is 0 Å². The Balaban J connectivity index is 1.63. The number of aromatic nitrogens is 3. The first-order chi connectivity index (χ1) is 13.6. The molecule has 0 bridgehead atoms. The van der Waals surface area contributed by atoms with Crippen LogP contribution in [-0.2, 0) is 22.6 Å². The first kappa shape index (κ1) is 20.1. The van der Waals surface area contributed by atoms with E-state index in [0.717, 1.165) is 24.2 Å². The topological polar surface area (TPSA) is 69.4 Å². The maximum absolute atomic E-state index is 12.5. The van der Waals surface area contributed by atoms with Gasteiger partial charge in [-0.15, -0.1) is 0 Å². The van der Waals surface area contributed by atoms with Crippen molar-refractivity contribution in [3.8, 4) is 0 Å². The second-order valence-corrected chi connectivity index (χ2v) is 6.94. The van der Waals surface area contributed by atoms with Gasteiger partial charge < -0.3 is 9.64 Å². The Labute approximate surface area is 165 Å². The minimum absolute atomic E-state index is 0.0285. The summed E-state index contributed by atoms with van der Waals surface area (Å²) in [6, 6.07) is 9.81. The van der Waals surface area contributed by atoms with Crippen molar-refractivity contribution in [2.45, 2.75) is 38.8 Å². The van der Waals surface area contributed by atoms with Gasteiger partial charge >= 0.3 is 5.69 Å². The fourth-order valence-corrected chi connectivity index (χ4v) is 3.58. The number of methoxy groups -OCH3 is 1. The Morgan fingerprint density at radius 2 is 1.96 bits per heavy atom. The van der Waals surface area contributed by atoms with E-state index in [9.17, 15) is 9.59 Å². The van der Waals surface area contributed by atoms with Crippen molar-refractivity contribution in [3.05, 3.63) is 58.3 Å². The quantitative estimate of drug-likeness (QED) is 0.686. The van der Waals surface area contributed by atoms with Gasteiger partial charge in [-0.2, -0.15) is 5.10 Å². The second kappa shape index (κ2) is 9.50. The number of nitrogens with zero attached hydrogens (tertiary/aromatic N) is 4. The van der Waals surface area contributed by atoms with Crippen LogP contribution in [0.4, 0.5) is 0 Å². The average Bonchev–Trinajstić information content (AvgIpc) is 3.06. The Morgan fingerprint density at radius 3 is 2.61 bits per heavy atom. The van der Waals surface area contributed by atoms with E-state index in [4.69, 9.17) is 4.74 Å². The summed E-state index contributed by atoms with van der Waals surface area (Å²) in [7, 11) is 1.61. The van der Waals surface area contributed by atoms with E-state index in [2.05, 4.69) is 5.10 Å². The van der Waals surface area contributed by atoms with Gasteiger partial charge in [0.2, 0.25) is 5.91 Å². The smallest absolute Gasteiger partial charge is 0.345 e. The molecule has 1 amide bonds. The van der Waals surface area contributed by atoms with E-state index < -0.39 is 0 Å². The van der Waals surface area contributed by atoms with Crippen molar-refractivity contribution >= 4 is 12.0 Å². The third-order valence-corrected chi connectivity index (χ3v) is 5.16. The number of ether oxygens (including phenoxy) is 1. The van der Waals surface area contributed by atoms with Crippen molar-refractivity contribution in [1.29, 1.82) is 0 Å². The van der Waals surface area contributed by atoms with E-state index in [0.29, 0.717) is 32.8 Å². The minimum Gasteiger partial charge on any atom is -0.383 e. The molecular weight excluding hydrogens is 356 g/mol. The number of amides is 1. The lowest BCUT2D eigenvalue weighted by atomic mass is 9.96. The molecule has 0 atom stereocenters. The number of hydrogen-bond acceptors (Lipinski definition) is 4. The van der Waals surface area contributed by atoms with Crippen LogP contribution in [-0.4, -0.2) is 52.0 Å². The predicted molar refractivity (Wildman–Crippen MR) is 108 cm³/mol. The van der Waals surface area contributed by atoms with Crippen LogP contribution in [0.2, 0.25) is 0 Å². The summed E-state index contributed by atoms with van der Waals surface area (Å²) in [5.41, 5.74) is 0.929. The molecule has 0 N–H and O–H groups in total. The zero-order valence-electron chi connectivity index (χ0n) is 16.6. The molecule has 0 aliphatic carbocycles. The van der Waals surface area contributed by atoms with E-state index in [1.54, 1.807) is 17.8 Å². The van der Waals surface area contributed by atoms with Crippen molar-refractivity contribution in [2.75, 3.05) is 26.8 Å². The Morgan fingerprint density at radius 1 is 1.25 bits per heavy atom. The van der Waals surface area contributed by atoms with Crippen LogP contribution in [0, 0.1) is 0 Å². The van der Waals surface area contributed by atoms with Gasteiger partial charge in [-0.3, -0.25) is 9.36 Å². The third kappa shape index (κ3) is 4.59. The first-order valence-corrected chi connectivity index (χ1v) is 9.82. The lowest BCUT2D eigenvalue weighted by molar-refractivity contribution is -0.127. The van der Waals surface area contributed by atoms with Crippen molar-refractivity contribution in [3.63, 3.8) is 0 Å². The lowest BCUT2D eigenvalue weighted by Crippen LogP contribution is -2.37. The zero-order chi connectivity index (χ0) is 19.9. The van der Waals surface area contributed by atoms with Crippen molar-refractivity contribution in [1.82, 2.24) is 19.2 Å². The summed E-state index contributed by atoms with van der Waals surface area (Å²) >= 11 is 0. The molecule has 0 radical (unpaired) electrons. The molecule has 7 heteroatoms. The fourth-order valence-electron chi connectivity index (χ4n) is 3.58. The number of rotatable bonds is 7. The molecule has 1 aromatic heterocycles. The molecule has 2 aromatic rings. The lowest BCUT2D eigenvalue weighted by Gasteiger charge is -2.30. The standard InChI is InChI=1S/C21H28N4O3/c1-3-24-20(22-25(21(24)27)15-16-28-2)18-11-13-23(14-12-18)19(26)10-9-17-7-5-4-6-8-17/h4-10,18H,3,11-16H2,1-2H3. The summed E-state index contributed by atoms with van der Waals surface area (Å²) in [6.45, 7) is 4.81. The van der Waals surface area contributed by atoms with Crippen LogP contribution in [0.3, 0.4) is 0 Å². The maximum atomic E-state index is 12.5. The molecule has 3 rings (SSSR count). The predicted octanol–water partition coefficient (Wildman–Crippen LogP) is 2.13. The molecule has 0 unspecified atom stereocenters. The maximum Gasteiger partial charge on any atom is 0.345 e. The number of benzene rings is 1. The van der Waals surface area contributed by atoms with Crippen LogP contribution in [0.1, 0.15) is 37.1 Å². The molecule has 28 heavy (non-hydrogen) atoms. The summed E-state index contributed by atoms with van der Waals surface area (Å²) in [5.74, 6) is 1.05. The molecule has 0 saturated carbocycles. The van der Waals surface area contributed by atoms with Crippen LogP contribution >= 0.6 is 0 Å². The Bertz CT molecular complexity index is 862. The van der Waals surface area contributed by atoms with E-state index in [1.165, 1.54) is 4.68 Å². The molecular formula is C21H28N4O3. The van der Waals surface area contributed by atoms with Crippen LogP contribution in [0.5, 0.6) is 0 Å². The van der Waals surface area contributed by atoms with Gasteiger partial charge in [0.05, 0.1) is 13.2 Å². The van der Waals surface area contributed by atoms with Crippen molar-refractivity contribution < 1.29 is 9.53 Å². The zero-order valence-corrected chi connectivity index (χ0v) is 16.6. The van der Waals surface area contributed by atoms with E-state index >= 15 is 0 Å². The molecule has 150 valence electrons. The first-order valence-electron chi connectivity index (χ1n) is 9.82. The minimum atomic E-state index is -0.0844. The van der Waals surface area contributed by atoms with Crippen LogP contribution in [0.15, 0.2) is 41.2 Å². The molecule has 1 fully saturated rings. The molecule has 1 aliphatic heterocycles. The summed E-state index contributed by atoms with van der Waals surface area (Å²) < 4.78 is 8.30. The third-order valence-electron chi connectivity index (χ3n) is 5.16. The molecule has 1 aliphatic rings. The fraction of sp³-hybridized carbons (Fsp3) is 0.476. The van der Waals surface area contributed by atoms with Crippen LogP contribution < -0.4 is 5.69 Å². The second-order valence-electron chi connectivity index (χ2n) is 6.94. The van der Waals surface area contributed by atoms with Crippen LogP contribution in [0.25, 0.3) is 6.08 Å². The highest BCUT2D eigenvalue weighted by atomic mass is 16.5. The number of carbonyl (C=O) groups is 1. The van der Waals surface area contributed by atoms with E-state index in [-0.39, 0.29) is 17.5 Å². The average molecular weight is 384 g/mol. The number of hydrogen-bond donors (Lipinski definition) is 0. The highest BCUT2D eigenvalue weighted by molar-refractivity contribution is 5.91. The number of piperidine rings is 1. The van der Waals surface area contributed by atoms with Gasteiger partial charge in [-0.25, -0.2) is 9.48 Å². The molecule has 7 nitrogen and oxygen atoms in total. The molecule has 1 saturated heterocycles. The van der Waals surface area contributed by atoms with E-state index in [1.807, 2.05) is 48.2 Å². The Kier molecular flexibility index (Phi) is 6.81. The summed E-state index contributed by atoms with van der Waals surface area (Å²) in [4.78, 5) is 26.8. The SMILES string of the molecule is CCn1c(C2CCN(C(=O)C=Cc3ccccc3)CC2)nn(CCOC)c1=O. The highest BCUT2D eigenvalue weighted by Gasteiger charge is 2.27. The summed E-state index contributed by atoms with van der Waals surface area (Å²) in [5, 5.41) is 4.56. The van der Waals surface area contributed by atoms with Gasteiger partial charge in [-0.1, -0.05) is 30.3 Å². The summed E-state index contributed by atoms with van der Waals surface area (Å²) in [6.07, 6.45) is 5.11. The molecule has 0 spiro atoms. The monoisotopic (exact) mass is 384 g/mol. The molecule has 2 heterocycles. The normalized spacial score (nSPS) is 15.4. The number of carbonyl (C=O) groups excluding carboxylic acids is 1.